The Hall–Kier alpha value is -2.44. The standard InChI is InChI=1S/C23H29N3O3/c27-22(17-26-11-4-3-10-21(26)23(28)29)25-14-12-24(13-15-25)16-19-8-5-7-18-6-1-2-9-20(18)19/h1-2,5-9,21H,3-4,10-17H2,(H,28,29). The predicted molar refractivity (Wildman–Crippen MR) is 113 cm³/mol. The number of nitrogens with zero attached hydrogens (tertiary/aromatic N) is 3. The van der Waals surface area contributed by atoms with Crippen molar-refractivity contribution < 1.29 is 14.7 Å². The third-order valence-electron chi connectivity index (χ3n) is 6.24. The van der Waals surface area contributed by atoms with Crippen molar-refractivity contribution >= 4 is 22.6 Å². The summed E-state index contributed by atoms with van der Waals surface area (Å²) in [5.74, 6) is -0.750. The lowest BCUT2D eigenvalue weighted by Gasteiger charge is -2.37. The first-order valence-corrected chi connectivity index (χ1v) is 10.6. The van der Waals surface area contributed by atoms with Gasteiger partial charge in [0, 0.05) is 32.7 Å². The molecule has 0 radical (unpaired) electrons. The number of likely N-dealkylation sites (tertiary alicyclic amines) is 1. The van der Waals surface area contributed by atoms with Crippen LogP contribution in [0.15, 0.2) is 42.5 Å². The van der Waals surface area contributed by atoms with Gasteiger partial charge in [0.2, 0.25) is 5.91 Å². The molecule has 6 nitrogen and oxygen atoms in total. The molecule has 2 aliphatic heterocycles. The molecule has 0 aliphatic carbocycles. The second-order valence-electron chi connectivity index (χ2n) is 8.12. The Morgan fingerprint density at radius 3 is 2.48 bits per heavy atom. The van der Waals surface area contributed by atoms with Gasteiger partial charge in [0.1, 0.15) is 6.04 Å². The number of fused-ring (bicyclic) bond motifs is 1. The van der Waals surface area contributed by atoms with Gasteiger partial charge < -0.3 is 10.0 Å². The second-order valence-corrected chi connectivity index (χ2v) is 8.12. The van der Waals surface area contributed by atoms with Gasteiger partial charge in [-0.25, -0.2) is 0 Å². The zero-order valence-corrected chi connectivity index (χ0v) is 16.8. The minimum absolute atomic E-state index is 0.0583. The zero-order valence-electron chi connectivity index (χ0n) is 16.8. The van der Waals surface area contributed by atoms with Gasteiger partial charge in [-0.15, -0.1) is 0 Å². The number of carbonyl (C=O) groups is 2. The van der Waals surface area contributed by atoms with E-state index in [1.54, 1.807) is 0 Å². The number of hydrogen-bond donors (Lipinski definition) is 1. The van der Waals surface area contributed by atoms with Crippen LogP contribution in [0.2, 0.25) is 0 Å². The number of piperidine rings is 1. The number of benzene rings is 2. The van der Waals surface area contributed by atoms with Crippen LogP contribution in [0.5, 0.6) is 0 Å². The summed E-state index contributed by atoms with van der Waals surface area (Å²) in [5.41, 5.74) is 1.32. The largest absolute Gasteiger partial charge is 0.480 e. The average molecular weight is 396 g/mol. The van der Waals surface area contributed by atoms with Crippen LogP contribution in [0.1, 0.15) is 24.8 Å². The third kappa shape index (κ3) is 4.60. The molecule has 29 heavy (non-hydrogen) atoms. The lowest BCUT2D eigenvalue weighted by molar-refractivity contribution is -0.146. The van der Waals surface area contributed by atoms with Crippen molar-refractivity contribution in [1.29, 1.82) is 0 Å². The summed E-state index contributed by atoms with van der Waals surface area (Å²) >= 11 is 0. The van der Waals surface area contributed by atoms with Crippen molar-refractivity contribution in [1.82, 2.24) is 14.7 Å². The number of aliphatic carboxylic acids is 1. The van der Waals surface area contributed by atoms with Gasteiger partial charge in [-0.2, -0.15) is 0 Å². The number of piperazine rings is 1. The second kappa shape index (κ2) is 8.93. The van der Waals surface area contributed by atoms with E-state index in [1.807, 2.05) is 9.80 Å². The minimum Gasteiger partial charge on any atom is -0.480 e. The molecule has 4 rings (SSSR count). The van der Waals surface area contributed by atoms with Gasteiger partial charge in [0.15, 0.2) is 0 Å². The third-order valence-corrected chi connectivity index (χ3v) is 6.24. The van der Waals surface area contributed by atoms with Crippen molar-refractivity contribution in [2.75, 3.05) is 39.3 Å². The average Bonchev–Trinajstić information content (AvgIpc) is 2.75. The molecule has 6 heteroatoms. The molecule has 2 aliphatic rings. The molecular formula is C23H29N3O3. The van der Waals surface area contributed by atoms with E-state index in [0.717, 1.165) is 32.5 Å². The smallest absolute Gasteiger partial charge is 0.320 e. The Morgan fingerprint density at radius 1 is 0.931 bits per heavy atom. The highest BCUT2D eigenvalue weighted by atomic mass is 16.4. The van der Waals surface area contributed by atoms with E-state index in [4.69, 9.17) is 0 Å². The number of carboxylic acids is 1. The van der Waals surface area contributed by atoms with E-state index in [9.17, 15) is 14.7 Å². The molecule has 2 aromatic carbocycles. The number of carbonyl (C=O) groups excluding carboxylic acids is 1. The molecule has 0 bridgehead atoms. The van der Waals surface area contributed by atoms with Crippen LogP contribution in [0.4, 0.5) is 0 Å². The summed E-state index contributed by atoms with van der Waals surface area (Å²) in [6.07, 6.45) is 2.53. The topological polar surface area (TPSA) is 64.1 Å². The van der Waals surface area contributed by atoms with Crippen LogP contribution < -0.4 is 0 Å². The fourth-order valence-electron chi connectivity index (χ4n) is 4.56. The lowest BCUT2D eigenvalue weighted by Crippen LogP contribution is -2.53. The molecule has 1 N–H and O–H groups in total. The van der Waals surface area contributed by atoms with Gasteiger partial charge >= 0.3 is 5.97 Å². The van der Waals surface area contributed by atoms with Crippen LogP contribution in [-0.2, 0) is 16.1 Å². The lowest BCUT2D eigenvalue weighted by atomic mass is 10.0. The Kier molecular flexibility index (Phi) is 6.11. The maximum absolute atomic E-state index is 12.7. The van der Waals surface area contributed by atoms with Gasteiger partial charge in [-0.05, 0) is 35.7 Å². The summed E-state index contributed by atoms with van der Waals surface area (Å²) in [6.45, 7) is 4.90. The minimum atomic E-state index is -0.808. The van der Waals surface area contributed by atoms with E-state index in [0.29, 0.717) is 26.1 Å². The Balaban J connectivity index is 1.32. The molecule has 2 saturated heterocycles. The fraction of sp³-hybridized carbons (Fsp3) is 0.478. The molecule has 2 fully saturated rings. The number of amides is 1. The molecule has 2 heterocycles. The van der Waals surface area contributed by atoms with Crippen LogP contribution in [0.25, 0.3) is 10.8 Å². The first-order valence-electron chi connectivity index (χ1n) is 10.6. The number of hydrogen-bond acceptors (Lipinski definition) is 4. The summed E-state index contributed by atoms with van der Waals surface area (Å²) in [4.78, 5) is 30.3. The highest BCUT2D eigenvalue weighted by Crippen LogP contribution is 2.21. The van der Waals surface area contributed by atoms with E-state index in [-0.39, 0.29) is 12.5 Å². The molecule has 1 atom stereocenters. The van der Waals surface area contributed by atoms with E-state index in [2.05, 4.69) is 47.4 Å². The fourth-order valence-corrected chi connectivity index (χ4v) is 4.56. The molecule has 1 unspecified atom stereocenters. The van der Waals surface area contributed by atoms with Crippen molar-refractivity contribution in [2.24, 2.45) is 0 Å². The van der Waals surface area contributed by atoms with Gasteiger partial charge in [-0.1, -0.05) is 48.9 Å². The Bertz CT molecular complexity index is 871. The molecule has 154 valence electrons. The SMILES string of the molecule is O=C(O)C1CCCCN1CC(=O)N1CCN(Cc2cccc3ccccc23)CC1. The molecule has 0 spiro atoms. The van der Waals surface area contributed by atoms with Crippen LogP contribution >= 0.6 is 0 Å². The first-order chi connectivity index (χ1) is 14.1. The Labute approximate surface area is 171 Å². The number of rotatable bonds is 5. The first kappa shape index (κ1) is 19.9. The Morgan fingerprint density at radius 2 is 1.69 bits per heavy atom. The van der Waals surface area contributed by atoms with Crippen molar-refractivity contribution in [3.63, 3.8) is 0 Å². The zero-order chi connectivity index (χ0) is 20.2. The van der Waals surface area contributed by atoms with E-state index < -0.39 is 12.0 Å². The molecule has 1 amide bonds. The maximum atomic E-state index is 12.7. The molecule has 0 aromatic heterocycles. The normalized spacial score (nSPS) is 21.4. The van der Waals surface area contributed by atoms with Gasteiger partial charge in [0.25, 0.3) is 0 Å². The highest BCUT2D eigenvalue weighted by Gasteiger charge is 2.31. The van der Waals surface area contributed by atoms with Crippen LogP contribution in [-0.4, -0.2) is 77.0 Å². The molecule has 0 saturated carbocycles. The van der Waals surface area contributed by atoms with E-state index in [1.165, 1.54) is 16.3 Å². The monoisotopic (exact) mass is 395 g/mol. The van der Waals surface area contributed by atoms with Crippen molar-refractivity contribution in [3.8, 4) is 0 Å². The summed E-state index contributed by atoms with van der Waals surface area (Å²) < 4.78 is 0. The van der Waals surface area contributed by atoms with Crippen LogP contribution in [0, 0.1) is 0 Å². The summed E-state index contributed by atoms with van der Waals surface area (Å²) in [6, 6.07) is 14.4. The predicted octanol–water partition coefficient (Wildman–Crippen LogP) is 2.42. The molecule has 2 aromatic rings. The van der Waals surface area contributed by atoms with Crippen molar-refractivity contribution in [3.05, 3.63) is 48.0 Å². The summed E-state index contributed by atoms with van der Waals surface area (Å²) in [7, 11) is 0. The van der Waals surface area contributed by atoms with Crippen LogP contribution in [0.3, 0.4) is 0 Å². The quantitative estimate of drug-likeness (QED) is 0.842. The van der Waals surface area contributed by atoms with Crippen molar-refractivity contribution in [2.45, 2.75) is 31.8 Å². The van der Waals surface area contributed by atoms with Gasteiger partial charge in [-0.3, -0.25) is 19.4 Å². The maximum Gasteiger partial charge on any atom is 0.320 e. The van der Waals surface area contributed by atoms with Gasteiger partial charge in [0.05, 0.1) is 6.54 Å². The molecular weight excluding hydrogens is 366 g/mol. The number of carboxylic acid groups (broad SMARTS) is 1. The highest BCUT2D eigenvalue weighted by molar-refractivity contribution is 5.85. The van der Waals surface area contributed by atoms with E-state index >= 15 is 0 Å². The summed E-state index contributed by atoms with van der Waals surface area (Å²) in [5, 5.41) is 12.0.